The molecule has 1 fully saturated rings. The van der Waals surface area contributed by atoms with Crippen LogP contribution in [-0.4, -0.2) is 50.3 Å². The van der Waals surface area contributed by atoms with E-state index in [0.717, 1.165) is 33.4 Å². The van der Waals surface area contributed by atoms with Crippen LogP contribution < -0.4 is 10.6 Å². The lowest BCUT2D eigenvalue weighted by molar-refractivity contribution is 0.273. The highest BCUT2D eigenvalue weighted by Gasteiger charge is 2.18. The fourth-order valence-electron chi connectivity index (χ4n) is 3.94. The van der Waals surface area contributed by atoms with Gasteiger partial charge in [-0.1, -0.05) is 26.7 Å². The van der Waals surface area contributed by atoms with Gasteiger partial charge in [0.25, 0.3) is 0 Å². The average molecular weight is 441 g/mol. The summed E-state index contributed by atoms with van der Waals surface area (Å²) < 4.78 is 3.92. The molecule has 0 saturated heterocycles. The van der Waals surface area contributed by atoms with Gasteiger partial charge in [0.05, 0.1) is 12.8 Å². The van der Waals surface area contributed by atoms with E-state index in [9.17, 15) is 0 Å². The summed E-state index contributed by atoms with van der Waals surface area (Å²) in [5.41, 5.74) is 3.05. The number of anilines is 3. The summed E-state index contributed by atoms with van der Waals surface area (Å²) in [6.45, 7) is 5.13. The van der Waals surface area contributed by atoms with Crippen LogP contribution in [-0.2, 0) is 0 Å². The van der Waals surface area contributed by atoms with Gasteiger partial charge in [0, 0.05) is 34.8 Å². The molecule has 4 rings (SSSR count). The minimum Gasteiger partial charge on any atom is -0.395 e. The highest BCUT2D eigenvalue weighted by molar-refractivity contribution is 7.97. The van der Waals surface area contributed by atoms with Gasteiger partial charge < -0.3 is 15.7 Å². The number of aliphatic hydroxyl groups is 1. The maximum absolute atomic E-state index is 9.07. The summed E-state index contributed by atoms with van der Waals surface area (Å²) >= 11 is 1.62. The molecule has 3 aromatic rings. The number of fused-ring (bicyclic) bond motifs is 1. The average Bonchev–Trinajstić information content (AvgIpc) is 3.39. The predicted molar refractivity (Wildman–Crippen MR) is 128 cm³/mol. The van der Waals surface area contributed by atoms with Crippen LogP contribution in [0.5, 0.6) is 0 Å². The Morgan fingerprint density at radius 1 is 1.23 bits per heavy atom. The molecule has 8 heteroatoms. The zero-order valence-electron chi connectivity index (χ0n) is 18.5. The predicted octanol–water partition coefficient (Wildman–Crippen LogP) is 4.88. The van der Waals surface area contributed by atoms with E-state index in [2.05, 4.69) is 59.9 Å². The minimum absolute atomic E-state index is 0.153. The second-order valence-electron chi connectivity index (χ2n) is 8.46. The lowest BCUT2D eigenvalue weighted by Gasteiger charge is -2.16. The second kappa shape index (κ2) is 9.89. The van der Waals surface area contributed by atoms with E-state index < -0.39 is 0 Å². The Morgan fingerprint density at radius 2 is 1.97 bits per heavy atom. The van der Waals surface area contributed by atoms with Crippen molar-refractivity contribution in [2.24, 2.45) is 0 Å². The molecule has 0 bridgehead atoms. The number of aromatic nitrogens is 3. The highest BCUT2D eigenvalue weighted by Crippen LogP contribution is 2.29. The lowest BCUT2D eigenvalue weighted by atomic mass is 10.1. The van der Waals surface area contributed by atoms with Crippen LogP contribution in [0, 0.1) is 0 Å². The number of benzene rings is 1. The Hall–Kier alpha value is -2.29. The Morgan fingerprint density at radius 3 is 2.65 bits per heavy atom. The number of likely N-dealkylation sites (N-methyl/N-ethyl adjacent to an activating group) is 1. The molecule has 1 aliphatic rings. The minimum atomic E-state index is 0.153. The first-order valence-electron chi connectivity index (χ1n) is 11.1. The van der Waals surface area contributed by atoms with E-state index >= 15 is 0 Å². The first-order chi connectivity index (χ1) is 15.0. The van der Waals surface area contributed by atoms with Crippen molar-refractivity contribution < 1.29 is 5.11 Å². The van der Waals surface area contributed by atoms with Gasteiger partial charge in [0.15, 0.2) is 5.65 Å². The van der Waals surface area contributed by atoms with Crippen LogP contribution in [0.2, 0.25) is 0 Å². The summed E-state index contributed by atoms with van der Waals surface area (Å²) in [6, 6.07) is 10.9. The van der Waals surface area contributed by atoms with Gasteiger partial charge in [-0.15, -0.1) is 0 Å². The van der Waals surface area contributed by atoms with Crippen molar-refractivity contribution in [3.8, 4) is 0 Å². The first kappa shape index (κ1) is 21.9. The molecule has 0 amide bonds. The summed E-state index contributed by atoms with van der Waals surface area (Å²) in [7, 11) is 1.98. The molecular weight excluding hydrogens is 408 g/mol. The smallest absolute Gasteiger partial charge is 0.163 e. The number of hydrogen-bond donors (Lipinski definition) is 3. The number of rotatable bonds is 9. The third kappa shape index (κ3) is 5.31. The quantitative estimate of drug-likeness (QED) is 0.409. The lowest BCUT2D eigenvalue weighted by Crippen LogP contribution is -2.16. The molecule has 0 atom stereocenters. The molecule has 1 saturated carbocycles. The molecule has 31 heavy (non-hydrogen) atoms. The van der Waals surface area contributed by atoms with Crippen LogP contribution >= 0.6 is 11.9 Å². The molecule has 1 aliphatic carbocycles. The monoisotopic (exact) mass is 440 g/mol. The fourth-order valence-corrected chi connectivity index (χ4v) is 4.73. The van der Waals surface area contributed by atoms with E-state index in [1.807, 2.05) is 22.1 Å². The number of nitrogens with one attached hydrogen (secondary N) is 2. The summed E-state index contributed by atoms with van der Waals surface area (Å²) in [5.74, 6) is 2.16. The largest absolute Gasteiger partial charge is 0.395 e. The highest BCUT2D eigenvalue weighted by atomic mass is 32.2. The zero-order chi connectivity index (χ0) is 21.8. The zero-order valence-corrected chi connectivity index (χ0v) is 19.3. The molecular formula is C23H32N6OS. The molecule has 2 heterocycles. The maximum atomic E-state index is 9.07. The number of aliphatic hydroxyl groups excluding tert-OH is 1. The fraction of sp³-hybridized carbons (Fsp3) is 0.478. The third-order valence-electron chi connectivity index (χ3n) is 5.63. The molecule has 0 aliphatic heterocycles. The van der Waals surface area contributed by atoms with E-state index in [0.29, 0.717) is 18.5 Å². The molecule has 166 valence electrons. The van der Waals surface area contributed by atoms with Crippen molar-refractivity contribution in [1.82, 2.24) is 18.9 Å². The van der Waals surface area contributed by atoms with Gasteiger partial charge >= 0.3 is 0 Å². The van der Waals surface area contributed by atoms with Gasteiger partial charge in [-0.2, -0.15) is 9.61 Å². The SMILES string of the molecule is CC(C)c1cnn2c(Nc3ccc(SN(C)CCO)cc3)cc(NC3CCCC3)nc12. The number of hydrogen-bond acceptors (Lipinski definition) is 7. The van der Waals surface area contributed by atoms with Crippen LogP contribution in [0.25, 0.3) is 5.65 Å². The molecule has 0 radical (unpaired) electrons. The number of nitrogens with zero attached hydrogens (tertiary/aromatic N) is 4. The van der Waals surface area contributed by atoms with Crippen molar-refractivity contribution in [1.29, 1.82) is 0 Å². The van der Waals surface area contributed by atoms with Crippen molar-refractivity contribution >= 4 is 34.9 Å². The molecule has 0 unspecified atom stereocenters. The van der Waals surface area contributed by atoms with Crippen molar-refractivity contribution in [3.05, 3.63) is 42.1 Å². The molecule has 0 spiro atoms. The van der Waals surface area contributed by atoms with E-state index in [1.165, 1.54) is 25.7 Å². The molecule has 2 aromatic heterocycles. The summed E-state index contributed by atoms with van der Waals surface area (Å²) in [6.07, 6.45) is 6.90. The summed E-state index contributed by atoms with van der Waals surface area (Å²) in [4.78, 5) is 6.04. The van der Waals surface area contributed by atoms with E-state index in [1.54, 1.807) is 11.9 Å². The summed E-state index contributed by atoms with van der Waals surface area (Å²) in [5, 5.41) is 20.9. The van der Waals surface area contributed by atoms with Gasteiger partial charge in [-0.3, -0.25) is 0 Å². The van der Waals surface area contributed by atoms with Crippen molar-refractivity contribution in [3.63, 3.8) is 0 Å². The van der Waals surface area contributed by atoms with Gasteiger partial charge in [0.1, 0.15) is 11.6 Å². The Labute approximate surface area is 188 Å². The maximum Gasteiger partial charge on any atom is 0.163 e. The normalized spacial score (nSPS) is 14.8. The molecule has 7 nitrogen and oxygen atoms in total. The van der Waals surface area contributed by atoms with Gasteiger partial charge in [-0.05, 0) is 62.0 Å². The van der Waals surface area contributed by atoms with Gasteiger partial charge in [-0.25, -0.2) is 9.29 Å². The Bertz CT molecular complexity index is 997. The second-order valence-corrected chi connectivity index (χ2v) is 9.74. The van der Waals surface area contributed by atoms with Crippen LogP contribution in [0.4, 0.5) is 17.3 Å². The topological polar surface area (TPSA) is 77.7 Å². The van der Waals surface area contributed by atoms with Crippen molar-refractivity contribution in [2.45, 2.75) is 56.4 Å². The van der Waals surface area contributed by atoms with Crippen molar-refractivity contribution in [2.75, 3.05) is 30.8 Å². The Balaban J connectivity index is 1.59. The van der Waals surface area contributed by atoms with Crippen LogP contribution in [0.1, 0.15) is 51.0 Å². The van der Waals surface area contributed by atoms with Crippen LogP contribution in [0.15, 0.2) is 41.4 Å². The Kier molecular flexibility index (Phi) is 6.99. The van der Waals surface area contributed by atoms with Gasteiger partial charge in [0.2, 0.25) is 0 Å². The third-order valence-corrected chi connectivity index (χ3v) is 6.61. The molecule has 1 aromatic carbocycles. The first-order valence-corrected chi connectivity index (χ1v) is 11.8. The van der Waals surface area contributed by atoms with E-state index in [-0.39, 0.29) is 6.61 Å². The van der Waals surface area contributed by atoms with Crippen LogP contribution in [0.3, 0.4) is 0 Å². The molecule has 3 N–H and O–H groups in total. The van der Waals surface area contributed by atoms with E-state index in [4.69, 9.17) is 10.1 Å². The standard InChI is InChI=1S/C23H32N6OS/c1-16(2)20-15-24-29-22(14-21(27-23(20)29)25-17-6-4-5-7-17)26-18-8-10-19(11-9-18)31-28(3)12-13-30/h8-11,14-17,26,30H,4-7,12-13H2,1-3H3,(H,25,27).